The van der Waals surface area contributed by atoms with Crippen LogP contribution in [0.4, 0.5) is 9.18 Å². The molecule has 0 spiro atoms. The van der Waals surface area contributed by atoms with Crippen molar-refractivity contribution in [1.29, 1.82) is 0 Å². The summed E-state index contributed by atoms with van der Waals surface area (Å²) in [5.74, 6) is -0.369. The first-order valence-electron chi connectivity index (χ1n) is 17.6. The Morgan fingerprint density at radius 2 is 1.78 bits per heavy atom. The third-order valence-electron chi connectivity index (χ3n) is 9.88. The Labute approximate surface area is 310 Å². The number of fused-ring (bicyclic) bond motifs is 5. The van der Waals surface area contributed by atoms with Gasteiger partial charge < -0.3 is 19.5 Å². The van der Waals surface area contributed by atoms with Gasteiger partial charge >= 0.3 is 11.8 Å². The largest absolute Gasteiger partial charge is 0.488 e. The van der Waals surface area contributed by atoms with E-state index >= 15 is 4.39 Å². The Bertz CT molecular complexity index is 2600. The molecule has 2 aromatic carbocycles. The molecule has 1 amide bonds. The summed E-state index contributed by atoms with van der Waals surface area (Å²) < 4.78 is 69.3. The van der Waals surface area contributed by atoms with Gasteiger partial charge in [-0.2, -0.15) is 4.39 Å². The molecule has 1 N–H and O–H groups in total. The van der Waals surface area contributed by atoms with Crippen molar-refractivity contribution in [2.75, 3.05) is 6.61 Å². The first kappa shape index (κ1) is 35.5. The van der Waals surface area contributed by atoms with E-state index in [1.165, 1.54) is 33.8 Å². The molecule has 54 heavy (non-hydrogen) atoms. The summed E-state index contributed by atoms with van der Waals surface area (Å²) in [6, 6.07) is 13.8. The molecule has 9 rings (SSSR count). The highest BCUT2D eigenvalue weighted by Gasteiger charge is 2.41. The standard InChI is InChI=1S/C38H40FN7O7S/c1-21-20-51-29-17-23(16-27(29)41-36(47)53-38(2,3)4)45-33-28(44(6)37(45)48)18-40-35-31(33)30(22-12-14-24(52-21)15-13-22)32(26-19-43(5)42-34(26)39)46(35)54(49,50)25-10-8-7-9-11-25/h7-15,18-19,21,23,27,29H,16-17,20H2,1-6H3,(H,41,47)/t21?,23-,27-,29+/m0/s1. The predicted molar refractivity (Wildman–Crippen MR) is 198 cm³/mol. The van der Waals surface area contributed by atoms with Crippen molar-refractivity contribution in [3.8, 4) is 28.1 Å². The van der Waals surface area contributed by atoms with Crippen LogP contribution in [0.1, 0.15) is 46.6 Å². The molecule has 4 atom stereocenters. The van der Waals surface area contributed by atoms with Gasteiger partial charge in [0.25, 0.3) is 10.0 Å². The number of benzene rings is 2. The van der Waals surface area contributed by atoms with Crippen LogP contribution in [0.15, 0.2) is 76.7 Å². The second-order valence-corrected chi connectivity index (χ2v) is 16.7. The van der Waals surface area contributed by atoms with Crippen molar-refractivity contribution in [2.24, 2.45) is 14.1 Å². The Hall–Kier alpha value is -5.48. The van der Waals surface area contributed by atoms with Crippen LogP contribution in [-0.2, 0) is 33.6 Å². The number of alkyl carbamates (subject to hydrolysis) is 1. The van der Waals surface area contributed by atoms with Crippen LogP contribution in [-0.4, -0.2) is 72.8 Å². The molecule has 3 aliphatic rings. The molecular weight excluding hydrogens is 718 g/mol. The lowest BCUT2D eigenvalue weighted by Gasteiger charge is -2.25. The molecule has 1 aliphatic carbocycles. The van der Waals surface area contributed by atoms with Crippen molar-refractivity contribution in [3.63, 3.8) is 0 Å². The fraction of sp³-hybridized carbons (Fsp3) is 0.368. The van der Waals surface area contributed by atoms with E-state index in [2.05, 4.69) is 10.4 Å². The van der Waals surface area contributed by atoms with Crippen LogP contribution in [0.2, 0.25) is 0 Å². The first-order chi connectivity index (χ1) is 25.6. The summed E-state index contributed by atoms with van der Waals surface area (Å²) in [6.45, 7) is 7.38. The molecule has 1 unspecified atom stereocenters. The van der Waals surface area contributed by atoms with Gasteiger partial charge in [0.15, 0.2) is 5.65 Å². The number of nitrogens with zero attached hydrogens (tertiary/aromatic N) is 6. The summed E-state index contributed by atoms with van der Waals surface area (Å²) in [4.78, 5) is 32.2. The summed E-state index contributed by atoms with van der Waals surface area (Å²) in [6.07, 6.45) is 1.94. The summed E-state index contributed by atoms with van der Waals surface area (Å²) in [7, 11) is -1.28. The number of hydrogen-bond acceptors (Lipinski definition) is 9. The zero-order valence-electron chi connectivity index (χ0n) is 30.6. The van der Waals surface area contributed by atoms with Crippen LogP contribution in [0, 0.1) is 5.95 Å². The van der Waals surface area contributed by atoms with Gasteiger partial charge in [-0.05, 0) is 70.4 Å². The lowest BCUT2D eigenvalue weighted by atomic mass is 9.99. The molecule has 0 saturated heterocycles. The van der Waals surface area contributed by atoms with Crippen molar-refractivity contribution < 1.29 is 31.8 Å². The molecule has 4 bridgehead atoms. The topological polar surface area (TPSA) is 153 Å². The van der Waals surface area contributed by atoms with Crippen molar-refractivity contribution >= 4 is 38.2 Å². The number of amides is 1. The van der Waals surface area contributed by atoms with Crippen LogP contribution in [0.25, 0.3) is 44.5 Å². The van der Waals surface area contributed by atoms with Gasteiger partial charge in [-0.25, -0.2) is 27.0 Å². The molecule has 2 aliphatic heterocycles. The molecule has 6 aromatic rings. The molecule has 14 nitrogen and oxygen atoms in total. The van der Waals surface area contributed by atoms with E-state index in [9.17, 15) is 18.0 Å². The summed E-state index contributed by atoms with van der Waals surface area (Å²) in [5.41, 5.74) is 0.471. The average Bonchev–Trinajstić information content (AvgIpc) is 3.83. The molecule has 4 aromatic heterocycles. The molecule has 282 valence electrons. The third kappa shape index (κ3) is 5.93. The van der Waals surface area contributed by atoms with E-state index in [4.69, 9.17) is 19.2 Å². The van der Waals surface area contributed by atoms with E-state index in [0.29, 0.717) is 39.7 Å². The lowest BCUT2D eigenvalue weighted by molar-refractivity contribution is -0.00740. The number of pyridine rings is 1. The number of aryl methyl sites for hydroxylation is 2. The van der Waals surface area contributed by atoms with E-state index in [1.807, 2.05) is 6.92 Å². The van der Waals surface area contributed by atoms with Crippen molar-refractivity contribution in [3.05, 3.63) is 83.4 Å². The minimum atomic E-state index is -4.45. The highest BCUT2D eigenvalue weighted by atomic mass is 32.2. The van der Waals surface area contributed by atoms with E-state index in [-0.39, 0.29) is 40.5 Å². The minimum Gasteiger partial charge on any atom is -0.488 e. The van der Waals surface area contributed by atoms with Gasteiger partial charge in [-0.1, -0.05) is 30.3 Å². The van der Waals surface area contributed by atoms with Gasteiger partial charge in [0.05, 0.1) is 57.5 Å². The number of carbonyl (C=O) groups excluding carboxylic acids is 1. The van der Waals surface area contributed by atoms with Gasteiger partial charge in [-0.15, -0.1) is 5.10 Å². The van der Waals surface area contributed by atoms with Crippen LogP contribution >= 0.6 is 0 Å². The van der Waals surface area contributed by atoms with Crippen LogP contribution in [0.5, 0.6) is 5.75 Å². The highest BCUT2D eigenvalue weighted by Crippen LogP contribution is 2.47. The second-order valence-electron chi connectivity index (χ2n) is 14.9. The Balaban J connectivity index is 1.48. The fourth-order valence-electron chi connectivity index (χ4n) is 7.66. The molecule has 1 saturated carbocycles. The molecule has 6 heterocycles. The number of imidazole rings is 1. The predicted octanol–water partition coefficient (Wildman–Crippen LogP) is 5.53. The number of halogens is 1. The molecular formula is C38H40FN7O7S. The van der Waals surface area contributed by atoms with E-state index in [1.54, 1.807) is 81.9 Å². The van der Waals surface area contributed by atoms with Gasteiger partial charge in [0.1, 0.15) is 17.5 Å². The average molecular weight is 758 g/mol. The molecule has 16 heteroatoms. The van der Waals surface area contributed by atoms with Gasteiger partial charge in [0, 0.05) is 31.9 Å². The van der Waals surface area contributed by atoms with E-state index in [0.717, 1.165) is 3.97 Å². The highest BCUT2D eigenvalue weighted by molar-refractivity contribution is 7.90. The van der Waals surface area contributed by atoms with Gasteiger partial charge in [0.2, 0.25) is 5.95 Å². The molecule has 0 radical (unpaired) electrons. The van der Waals surface area contributed by atoms with Crippen molar-refractivity contribution in [1.82, 2.24) is 33.2 Å². The zero-order chi connectivity index (χ0) is 38.3. The van der Waals surface area contributed by atoms with Crippen LogP contribution < -0.4 is 15.7 Å². The number of aromatic nitrogens is 6. The number of ether oxygens (including phenoxy) is 3. The Morgan fingerprint density at radius 3 is 2.44 bits per heavy atom. The van der Waals surface area contributed by atoms with Crippen LogP contribution in [0.3, 0.4) is 0 Å². The Morgan fingerprint density at radius 1 is 1.06 bits per heavy atom. The number of rotatable bonds is 4. The first-order valence-corrected chi connectivity index (χ1v) is 19.1. The Kier molecular flexibility index (Phi) is 8.45. The maximum atomic E-state index is 16.0. The summed E-state index contributed by atoms with van der Waals surface area (Å²) >= 11 is 0. The maximum Gasteiger partial charge on any atom is 0.407 e. The lowest BCUT2D eigenvalue weighted by Crippen LogP contribution is -2.44. The zero-order valence-corrected chi connectivity index (χ0v) is 31.4. The fourth-order valence-corrected chi connectivity index (χ4v) is 9.17. The van der Waals surface area contributed by atoms with Gasteiger partial charge in [-0.3, -0.25) is 13.8 Å². The summed E-state index contributed by atoms with van der Waals surface area (Å²) in [5, 5.41) is 7.24. The number of hydrogen-bond donors (Lipinski definition) is 1. The third-order valence-corrected chi connectivity index (χ3v) is 11.6. The normalized spacial score (nSPS) is 20.3. The van der Waals surface area contributed by atoms with E-state index < -0.39 is 52.0 Å². The molecule has 1 fully saturated rings. The quantitative estimate of drug-likeness (QED) is 0.245. The maximum absolute atomic E-state index is 16.0. The second kappa shape index (κ2) is 12.8. The number of nitrogens with one attached hydrogen (secondary N) is 1. The smallest absolute Gasteiger partial charge is 0.407 e. The number of carbonyl (C=O) groups is 1. The van der Waals surface area contributed by atoms with Crippen molar-refractivity contribution in [2.45, 2.75) is 75.3 Å². The minimum absolute atomic E-state index is 0.00792. The SMILES string of the molecule is CC1CO[C@@H]2C[C@H](C[C@@H]2NC(=O)OC(C)(C)C)n2c(=O)n(C)c3cnc4c(c(c(-c5cn(C)nc5F)n4S(=O)(=O)c4ccccc4)-c4ccc(cc4)O1)c32. The monoisotopic (exact) mass is 757 g/mol.